The molecule has 18 heavy (non-hydrogen) atoms. The van der Waals surface area contributed by atoms with Crippen molar-refractivity contribution >= 4 is 11.6 Å². The lowest BCUT2D eigenvalue weighted by Crippen LogP contribution is -2.29. The first kappa shape index (κ1) is 13.1. The lowest BCUT2D eigenvalue weighted by Gasteiger charge is -2.18. The lowest BCUT2D eigenvalue weighted by atomic mass is 9.95. The van der Waals surface area contributed by atoms with Gasteiger partial charge in [-0.25, -0.2) is 5.43 Å². The van der Waals surface area contributed by atoms with Crippen LogP contribution in [0.3, 0.4) is 0 Å². The van der Waals surface area contributed by atoms with Crippen molar-refractivity contribution in [3.63, 3.8) is 0 Å². The van der Waals surface area contributed by atoms with E-state index >= 15 is 0 Å². The molecule has 1 unspecified atom stereocenters. The van der Waals surface area contributed by atoms with Crippen LogP contribution in [0.4, 0.5) is 0 Å². The summed E-state index contributed by atoms with van der Waals surface area (Å²) in [5.74, 6) is 6.37. The maximum absolute atomic E-state index is 5.81. The lowest BCUT2D eigenvalue weighted by molar-refractivity contribution is 0.452. The van der Waals surface area contributed by atoms with E-state index in [-0.39, 0.29) is 6.04 Å². The first-order chi connectivity index (χ1) is 8.52. The van der Waals surface area contributed by atoms with Crippen LogP contribution in [0.2, 0.25) is 5.22 Å². The third-order valence-corrected chi connectivity index (χ3v) is 3.44. The normalized spacial score (nSPS) is 12.7. The average Bonchev–Trinajstić information content (AvgIpc) is 2.73. The number of hydrazine groups is 1. The van der Waals surface area contributed by atoms with E-state index in [1.165, 1.54) is 16.7 Å². The third kappa shape index (κ3) is 2.43. The summed E-state index contributed by atoms with van der Waals surface area (Å²) in [4.78, 5) is 0. The maximum Gasteiger partial charge on any atom is 0.193 e. The quantitative estimate of drug-likeness (QED) is 0.660. The molecule has 0 saturated heterocycles. The van der Waals surface area contributed by atoms with Crippen LogP contribution < -0.4 is 11.3 Å². The Kier molecular flexibility index (Phi) is 3.76. The van der Waals surface area contributed by atoms with E-state index in [1.54, 1.807) is 6.07 Å². The molecule has 1 atom stereocenters. The summed E-state index contributed by atoms with van der Waals surface area (Å²) in [7, 11) is 0. The van der Waals surface area contributed by atoms with Crippen LogP contribution in [0.5, 0.6) is 0 Å². The highest BCUT2D eigenvalue weighted by molar-refractivity contribution is 6.28. The predicted octanol–water partition coefficient (Wildman–Crippen LogP) is 3.41. The van der Waals surface area contributed by atoms with Crippen LogP contribution in [0.25, 0.3) is 0 Å². The van der Waals surface area contributed by atoms with Gasteiger partial charge in [-0.15, -0.1) is 0 Å². The van der Waals surface area contributed by atoms with Gasteiger partial charge in [-0.1, -0.05) is 12.1 Å². The number of nitrogens with one attached hydrogen (secondary N) is 1. The van der Waals surface area contributed by atoms with Crippen molar-refractivity contribution < 1.29 is 4.42 Å². The summed E-state index contributed by atoms with van der Waals surface area (Å²) in [5.41, 5.74) is 7.56. The molecule has 2 rings (SSSR count). The molecular weight excluding hydrogens is 248 g/mol. The summed E-state index contributed by atoms with van der Waals surface area (Å²) in [6.45, 7) is 6.25. The minimum absolute atomic E-state index is 0.184. The molecular formula is C14H17ClN2O. The number of nitrogens with two attached hydrogens (primary N) is 1. The summed E-state index contributed by atoms with van der Waals surface area (Å²) in [6.07, 6.45) is 0. The van der Waals surface area contributed by atoms with Gasteiger partial charge in [0.15, 0.2) is 5.22 Å². The SMILES string of the molecule is Cc1cc(C)c(C(NN)c2ccc(Cl)o2)cc1C. The van der Waals surface area contributed by atoms with Gasteiger partial charge in [0, 0.05) is 0 Å². The molecule has 4 heteroatoms. The maximum atomic E-state index is 5.81. The summed E-state index contributed by atoms with van der Waals surface area (Å²) in [5, 5.41) is 0.367. The second-order valence-corrected chi connectivity index (χ2v) is 4.91. The van der Waals surface area contributed by atoms with E-state index in [2.05, 4.69) is 38.3 Å². The van der Waals surface area contributed by atoms with E-state index in [4.69, 9.17) is 21.9 Å². The van der Waals surface area contributed by atoms with Crippen molar-refractivity contribution in [2.75, 3.05) is 0 Å². The van der Waals surface area contributed by atoms with Crippen LogP contribution in [0.1, 0.15) is 34.1 Å². The monoisotopic (exact) mass is 264 g/mol. The molecule has 3 N–H and O–H groups in total. The number of aryl methyl sites for hydroxylation is 3. The zero-order valence-corrected chi connectivity index (χ0v) is 11.5. The Hall–Kier alpha value is -1.29. The average molecular weight is 265 g/mol. The van der Waals surface area contributed by atoms with Crippen LogP contribution >= 0.6 is 11.6 Å². The molecule has 0 amide bonds. The van der Waals surface area contributed by atoms with Gasteiger partial charge in [0.1, 0.15) is 11.8 Å². The van der Waals surface area contributed by atoms with Crippen molar-refractivity contribution in [3.05, 3.63) is 57.5 Å². The number of furan rings is 1. The Bertz CT molecular complexity index is 563. The van der Waals surface area contributed by atoms with Gasteiger partial charge in [0.2, 0.25) is 0 Å². The Morgan fingerprint density at radius 1 is 1.11 bits per heavy atom. The molecule has 0 spiro atoms. The molecule has 0 aliphatic carbocycles. The van der Waals surface area contributed by atoms with E-state index in [9.17, 15) is 0 Å². The number of hydrogen-bond acceptors (Lipinski definition) is 3. The smallest absolute Gasteiger partial charge is 0.193 e. The van der Waals surface area contributed by atoms with Gasteiger partial charge in [-0.3, -0.25) is 5.84 Å². The molecule has 0 aliphatic heterocycles. The molecule has 1 heterocycles. The number of rotatable bonds is 3. The summed E-state index contributed by atoms with van der Waals surface area (Å²) >= 11 is 5.81. The molecule has 0 bridgehead atoms. The van der Waals surface area contributed by atoms with Crippen LogP contribution in [0, 0.1) is 20.8 Å². The fourth-order valence-corrected chi connectivity index (χ4v) is 2.25. The first-order valence-corrected chi connectivity index (χ1v) is 6.20. The van der Waals surface area contributed by atoms with E-state index in [0.29, 0.717) is 11.0 Å². The fourth-order valence-electron chi connectivity index (χ4n) is 2.10. The van der Waals surface area contributed by atoms with Gasteiger partial charge >= 0.3 is 0 Å². The minimum Gasteiger partial charge on any atom is -0.448 e. The molecule has 1 aromatic carbocycles. The molecule has 0 saturated carbocycles. The molecule has 0 radical (unpaired) electrons. The van der Waals surface area contributed by atoms with E-state index in [0.717, 1.165) is 5.56 Å². The second-order valence-electron chi connectivity index (χ2n) is 4.53. The Balaban J connectivity index is 2.48. The topological polar surface area (TPSA) is 51.2 Å². The Morgan fingerprint density at radius 2 is 1.78 bits per heavy atom. The van der Waals surface area contributed by atoms with Gasteiger partial charge < -0.3 is 4.42 Å². The fraction of sp³-hybridized carbons (Fsp3) is 0.286. The molecule has 1 aromatic heterocycles. The first-order valence-electron chi connectivity index (χ1n) is 5.82. The molecule has 2 aromatic rings. The van der Waals surface area contributed by atoms with Crippen molar-refractivity contribution in [1.29, 1.82) is 0 Å². The second kappa shape index (κ2) is 5.14. The third-order valence-electron chi connectivity index (χ3n) is 3.24. The highest BCUT2D eigenvalue weighted by Gasteiger charge is 2.18. The molecule has 0 aliphatic rings. The minimum atomic E-state index is -0.184. The van der Waals surface area contributed by atoms with E-state index in [1.807, 2.05) is 6.07 Å². The largest absolute Gasteiger partial charge is 0.448 e. The summed E-state index contributed by atoms with van der Waals surface area (Å²) in [6, 6.07) is 7.65. The standard InChI is InChI=1S/C14H17ClN2O/c1-8-6-10(3)11(7-9(8)2)14(17-16)12-4-5-13(15)18-12/h4-7,14,17H,16H2,1-3H3. The van der Waals surface area contributed by atoms with Gasteiger partial charge in [0.25, 0.3) is 0 Å². The highest BCUT2D eigenvalue weighted by Crippen LogP contribution is 2.29. The van der Waals surface area contributed by atoms with Gasteiger partial charge in [-0.2, -0.15) is 0 Å². The van der Waals surface area contributed by atoms with Crippen molar-refractivity contribution in [2.24, 2.45) is 5.84 Å². The van der Waals surface area contributed by atoms with Crippen molar-refractivity contribution in [2.45, 2.75) is 26.8 Å². The molecule has 3 nitrogen and oxygen atoms in total. The van der Waals surface area contributed by atoms with E-state index < -0.39 is 0 Å². The summed E-state index contributed by atoms with van der Waals surface area (Å²) < 4.78 is 5.44. The van der Waals surface area contributed by atoms with Gasteiger partial charge in [0.05, 0.1) is 0 Å². The van der Waals surface area contributed by atoms with Crippen LogP contribution in [-0.2, 0) is 0 Å². The van der Waals surface area contributed by atoms with Gasteiger partial charge in [-0.05, 0) is 66.8 Å². The van der Waals surface area contributed by atoms with Crippen molar-refractivity contribution in [1.82, 2.24) is 5.43 Å². The van der Waals surface area contributed by atoms with Crippen molar-refractivity contribution in [3.8, 4) is 0 Å². The zero-order valence-electron chi connectivity index (χ0n) is 10.8. The predicted molar refractivity (Wildman–Crippen MR) is 73.5 cm³/mol. The van der Waals surface area contributed by atoms with Crippen LogP contribution in [0.15, 0.2) is 28.7 Å². The Labute approximate surface area is 112 Å². The Morgan fingerprint density at radius 3 is 2.33 bits per heavy atom. The van der Waals surface area contributed by atoms with Crippen LogP contribution in [-0.4, -0.2) is 0 Å². The number of halogens is 1. The highest BCUT2D eigenvalue weighted by atomic mass is 35.5. The molecule has 0 fully saturated rings. The number of hydrogen-bond donors (Lipinski definition) is 2. The molecule has 96 valence electrons. The zero-order chi connectivity index (χ0) is 13.3. The number of benzene rings is 1.